The van der Waals surface area contributed by atoms with Gasteiger partial charge in [0, 0.05) is 19.0 Å². The first-order chi connectivity index (χ1) is 8.81. The lowest BCUT2D eigenvalue weighted by molar-refractivity contribution is -0.138. The van der Waals surface area contributed by atoms with Crippen LogP contribution in [0.5, 0.6) is 0 Å². The van der Waals surface area contributed by atoms with Crippen molar-refractivity contribution in [1.82, 2.24) is 10.2 Å². The highest BCUT2D eigenvalue weighted by molar-refractivity contribution is 5.85. The van der Waals surface area contributed by atoms with Gasteiger partial charge in [0.1, 0.15) is 0 Å². The van der Waals surface area contributed by atoms with Crippen LogP contribution in [0.1, 0.15) is 51.4 Å². The molecule has 0 atom stereocenters. The van der Waals surface area contributed by atoms with E-state index in [0.717, 1.165) is 38.4 Å². The average molecular weight is 289 g/mol. The van der Waals surface area contributed by atoms with Gasteiger partial charge in [-0.15, -0.1) is 12.4 Å². The Kier molecular flexibility index (Phi) is 7.77. The Morgan fingerprint density at radius 3 is 2.32 bits per heavy atom. The number of piperidine rings is 1. The first-order valence-electron chi connectivity index (χ1n) is 7.74. The lowest BCUT2D eigenvalue weighted by Crippen LogP contribution is -2.42. The SMILES string of the molecule is CNCCC1CCN(C(=O)C2CCCCC2)CC1.Cl. The van der Waals surface area contributed by atoms with Gasteiger partial charge in [-0.3, -0.25) is 4.79 Å². The van der Waals surface area contributed by atoms with E-state index in [1.165, 1.54) is 38.5 Å². The molecule has 2 fully saturated rings. The van der Waals surface area contributed by atoms with E-state index in [9.17, 15) is 4.79 Å². The van der Waals surface area contributed by atoms with Crippen LogP contribution in [0.25, 0.3) is 0 Å². The van der Waals surface area contributed by atoms with Gasteiger partial charge in [-0.1, -0.05) is 19.3 Å². The quantitative estimate of drug-likeness (QED) is 0.863. The minimum absolute atomic E-state index is 0. The molecule has 19 heavy (non-hydrogen) atoms. The third kappa shape index (κ3) is 4.96. The summed E-state index contributed by atoms with van der Waals surface area (Å²) in [5.41, 5.74) is 0. The number of nitrogens with one attached hydrogen (secondary N) is 1. The summed E-state index contributed by atoms with van der Waals surface area (Å²) in [6.45, 7) is 3.12. The second-order valence-corrected chi connectivity index (χ2v) is 6.00. The fourth-order valence-corrected chi connectivity index (χ4v) is 3.40. The summed E-state index contributed by atoms with van der Waals surface area (Å²) in [6, 6.07) is 0. The van der Waals surface area contributed by atoms with E-state index in [2.05, 4.69) is 10.2 Å². The molecule has 0 aromatic rings. The van der Waals surface area contributed by atoms with Crippen molar-refractivity contribution in [2.24, 2.45) is 11.8 Å². The smallest absolute Gasteiger partial charge is 0.225 e. The van der Waals surface area contributed by atoms with Crippen LogP contribution in [0.15, 0.2) is 0 Å². The van der Waals surface area contributed by atoms with E-state index >= 15 is 0 Å². The molecule has 1 aliphatic heterocycles. The molecule has 112 valence electrons. The predicted molar refractivity (Wildman–Crippen MR) is 81.7 cm³/mol. The fraction of sp³-hybridized carbons (Fsp3) is 0.933. The maximum atomic E-state index is 12.4. The normalized spacial score (nSPS) is 22.1. The summed E-state index contributed by atoms with van der Waals surface area (Å²) < 4.78 is 0. The van der Waals surface area contributed by atoms with Gasteiger partial charge in [0.25, 0.3) is 0 Å². The van der Waals surface area contributed by atoms with E-state index < -0.39 is 0 Å². The van der Waals surface area contributed by atoms with Gasteiger partial charge in [0.05, 0.1) is 0 Å². The number of hydrogen-bond donors (Lipinski definition) is 1. The molecule has 1 heterocycles. The zero-order valence-corrected chi connectivity index (χ0v) is 13.0. The second-order valence-electron chi connectivity index (χ2n) is 6.00. The van der Waals surface area contributed by atoms with Crippen molar-refractivity contribution in [3.63, 3.8) is 0 Å². The fourth-order valence-electron chi connectivity index (χ4n) is 3.40. The van der Waals surface area contributed by atoms with Crippen molar-refractivity contribution in [1.29, 1.82) is 0 Å². The number of hydrogen-bond acceptors (Lipinski definition) is 2. The molecule has 2 rings (SSSR count). The Hall–Kier alpha value is -0.280. The molecule has 0 bridgehead atoms. The minimum atomic E-state index is 0. The third-order valence-electron chi connectivity index (χ3n) is 4.68. The summed E-state index contributed by atoms with van der Waals surface area (Å²) in [4.78, 5) is 14.5. The van der Waals surface area contributed by atoms with Crippen molar-refractivity contribution in [3.05, 3.63) is 0 Å². The number of halogens is 1. The number of nitrogens with zero attached hydrogens (tertiary/aromatic N) is 1. The average Bonchev–Trinajstić information content (AvgIpc) is 2.46. The Balaban J connectivity index is 0.00000180. The highest BCUT2D eigenvalue weighted by Crippen LogP contribution is 2.28. The molecule has 1 aliphatic carbocycles. The van der Waals surface area contributed by atoms with Crippen LogP contribution in [0.4, 0.5) is 0 Å². The highest BCUT2D eigenvalue weighted by Gasteiger charge is 2.28. The topological polar surface area (TPSA) is 32.3 Å². The van der Waals surface area contributed by atoms with Crippen LogP contribution in [0, 0.1) is 11.8 Å². The van der Waals surface area contributed by atoms with Gasteiger partial charge < -0.3 is 10.2 Å². The summed E-state index contributed by atoms with van der Waals surface area (Å²) in [5, 5.41) is 3.22. The number of likely N-dealkylation sites (tertiary alicyclic amines) is 1. The highest BCUT2D eigenvalue weighted by atomic mass is 35.5. The van der Waals surface area contributed by atoms with Crippen molar-refractivity contribution in [2.45, 2.75) is 51.4 Å². The van der Waals surface area contributed by atoms with Gasteiger partial charge in [-0.05, 0) is 51.6 Å². The van der Waals surface area contributed by atoms with Crippen LogP contribution in [0.3, 0.4) is 0 Å². The van der Waals surface area contributed by atoms with Gasteiger partial charge in [-0.2, -0.15) is 0 Å². The van der Waals surface area contributed by atoms with E-state index in [0.29, 0.717) is 11.8 Å². The number of carbonyl (C=O) groups excluding carboxylic acids is 1. The van der Waals surface area contributed by atoms with E-state index in [1.807, 2.05) is 7.05 Å². The van der Waals surface area contributed by atoms with Crippen molar-refractivity contribution >= 4 is 18.3 Å². The zero-order chi connectivity index (χ0) is 12.8. The molecule has 1 saturated carbocycles. The Labute approximate surface area is 123 Å². The van der Waals surface area contributed by atoms with Crippen LogP contribution in [0.2, 0.25) is 0 Å². The number of rotatable bonds is 4. The first kappa shape index (κ1) is 16.8. The van der Waals surface area contributed by atoms with Crippen LogP contribution in [-0.4, -0.2) is 37.5 Å². The van der Waals surface area contributed by atoms with Gasteiger partial charge >= 0.3 is 0 Å². The molecule has 1 amide bonds. The summed E-state index contributed by atoms with van der Waals surface area (Å²) in [7, 11) is 2.02. The maximum absolute atomic E-state index is 12.4. The molecule has 2 aliphatic rings. The lowest BCUT2D eigenvalue weighted by Gasteiger charge is -2.35. The van der Waals surface area contributed by atoms with Crippen LogP contribution < -0.4 is 5.32 Å². The van der Waals surface area contributed by atoms with E-state index in [1.54, 1.807) is 0 Å². The van der Waals surface area contributed by atoms with E-state index in [-0.39, 0.29) is 12.4 Å². The van der Waals surface area contributed by atoms with Crippen LogP contribution >= 0.6 is 12.4 Å². The van der Waals surface area contributed by atoms with Gasteiger partial charge in [0.15, 0.2) is 0 Å². The Morgan fingerprint density at radius 2 is 1.74 bits per heavy atom. The lowest BCUT2D eigenvalue weighted by atomic mass is 9.87. The van der Waals surface area contributed by atoms with Crippen molar-refractivity contribution in [2.75, 3.05) is 26.7 Å². The van der Waals surface area contributed by atoms with Gasteiger partial charge in [0.2, 0.25) is 5.91 Å². The number of carbonyl (C=O) groups is 1. The Morgan fingerprint density at radius 1 is 1.11 bits per heavy atom. The maximum Gasteiger partial charge on any atom is 0.225 e. The first-order valence-corrected chi connectivity index (χ1v) is 7.74. The summed E-state index contributed by atoms with van der Waals surface area (Å²) in [6.07, 6.45) is 9.80. The van der Waals surface area contributed by atoms with Crippen LogP contribution in [-0.2, 0) is 4.79 Å². The molecule has 0 aromatic carbocycles. The standard InChI is InChI=1S/C15H28N2O.ClH/c1-16-10-7-13-8-11-17(12-9-13)15(18)14-5-3-2-4-6-14;/h13-14,16H,2-12H2,1H3;1H. The van der Waals surface area contributed by atoms with Crippen molar-refractivity contribution in [3.8, 4) is 0 Å². The summed E-state index contributed by atoms with van der Waals surface area (Å²) in [5.74, 6) is 1.64. The summed E-state index contributed by atoms with van der Waals surface area (Å²) >= 11 is 0. The monoisotopic (exact) mass is 288 g/mol. The largest absolute Gasteiger partial charge is 0.342 e. The molecule has 0 unspecified atom stereocenters. The van der Waals surface area contributed by atoms with Crippen molar-refractivity contribution < 1.29 is 4.79 Å². The molecular formula is C15H29ClN2O. The molecule has 0 aromatic heterocycles. The predicted octanol–water partition coefficient (Wildman–Crippen LogP) is 2.84. The molecule has 3 nitrogen and oxygen atoms in total. The molecule has 4 heteroatoms. The molecule has 1 saturated heterocycles. The Bertz CT molecular complexity index is 259. The molecule has 1 N–H and O–H groups in total. The van der Waals surface area contributed by atoms with Gasteiger partial charge in [-0.25, -0.2) is 0 Å². The zero-order valence-electron chi connectivity index (χ0n) is 12.2. The molecule has 0 radical (unpaired) electrons. The second kappa shape index (κ2) is 8.80. The minimum Gasteiger partial charge on any atom is -0.342 e. The third-order valence-corrected chi connectivity index (χ3v) is 4.68. The van der Waals surface area contributed by atoms with E-state index in [4.69, 9.17) is 0 Å². The molecular weight excluding hydrogens is 260 g/mol. The molecule has 0 spiro atoms. The number of amides is 1.